The summed E-state index contributed by atoms with van der Waals surface area (Å²) in [6.45, 7) is 11.1. The predicted molar refractivity (Wildman–Crippen MR) is 95.4 cm³/mol. The molecule has 0 bridgehead atoms. The fraction of sp³-hybridized carbons (Fsp3) is 0.632. The lowest BCUT2D eigenvalue weighted by Gasteiger charge is -2.38. The number of amides is 1. The normalized spacial score (nSPS) is 19.2. The van der Waals surface area contributed by atoms with E-state index < -0.39 is 5.60 Å². The van der Waals surface area contributed by atoms with Gasteiger partial charge in [-0.2, -0.15) is 0 Å². The van der Waals surface area contributed by atoms with Crippen LogP contribution in [-0.4, -0.2) is 42.3 Å². The summed E-state index contributed by atoms with van der Waals surface area (Å²) in [5.41, 5.74) is 0.502. The maximum atomic E-state index is 12.0. The van der Waals surface area contributed by atoms with Crippen LogP contribution in [0.1, 0.15) is 52.6 Å². The summed E-state index contributed by atoms with van der Waals surface area (Å²) < 4.78 is 11.4. The molecule has 0 saturated heterocycles. The second-order valence-corrected chi connectivity index (χ2v) is 8.01. The first-order valence-corrected chi connectivity index (χ1v) is 8.53. The van der Waals surface area contributed by atoms with Crippen LogP contribution in [0.5, 0.6) is 5.75 Å². The van der Waals surface area contributed by atoms with Gasteiger partial charge >= 0.3 is 6.09 Å². The summed E-state index contributed by atoms with van der Waals surface area (Å²) in [6, 6.07) is 8.35. The first-order valence-electron chi connectivity index (χ1n) is 8.53. The Hall–Kier alpha value is -1.75. The van der Waals surface area contributed by atoms with Crippen LogP contribution < -0.4 is 10.1 Å². The maximum Gasteiger partial charge on any atom is 0.410 e. The second kappa shape index (κ2) is 7.01. The summed E-state index contributed by atoms with van der Waals surface area (Å²) in [6.07, 6.45) is 0.595. The van der Waals surface area contributed by atoms with Crippen molar-refractivity contribution < 1.29 is 14.3 Å². The van der Waals surface area contributed by atoms with Crippen molar-refractivity contribution in [3.05, 3.63) is 29.8 Å². The van der Waals surface area contributed by atoms with E-state index in [0.717, 1.165) is 12.2 Å². The van der Waals surface area contributed by atoms with E-state index in [1.807, 2.05) is 39.0 Å². The Morgan fingerprint density at radius 1 is 1.38 bits per heavy atom. The van der Waals surface area contributed by atoms with Crippen molar-refractivity contribution >= 4 is 6.09 Å². The average molecular weight is 334 g/mol. The Morgan fingerprint density at radius 2 is 2.04 bits per heavy atom. The summed E-state index contributed by atoms with van der Waals surface area (Å²) in [5, 5.41) is 3.55. The lowest BCUT2D eigenvalue weighted by Crippen LogP contribution is -2.42. The van der Waals surface area contributed by atoms with Crippen molar-refractivity contribution in [2.24, 2.45) is 0 Å². The summed E-state index contributed by atoms with van der Waals surface area (Å²) in [7, 11) is 1.76. The van der Waals surface area contributed by atoms with E-state index in [-0.39, 0.29) is 17.7 Å². The quantitative estimate of drug-likeness (QED) is 0.911. The molecule has 1 N–H and O–H groups in total. The smallest absolute Gasteiger partial charge is 0.410 e. The van der Waals surface area contributed by atoms with E-state index in [1.165, 1.54) is 5.56 Å². The molecule has 5 heteroatoms. The third kappa shape index (κ3) is 5.13. The molecule has 1 atom stereocenters. The highest BCUT2D eigenvalue weighted by molar-refractivity contribution is 5.67. The van der Waals surface area contributed by atoms with Gasteiger partial charge in [-0.05, 0) is 40.7 Å². The van der Waals surface area contributed by atoms with Crippen molar-refractivity contribution in [1.82, 2.24) is 10.2 Å². The number of hydrogen-bond acceptors (Lipinski definition) is 4. The van der Waals surface area contributed by atoms with Gasteiger partial charge in [0.25, 0.3) is 0 Å². The molecule has 0 aliphatic carbocycles. The molecular formula is C19H30N2O3. The van der Waals surface area contributed by atoms with Gasteiger partial charge in [0.2, 0.25) is 0 Å². The number of benzene rings is 1. The van der Waals surface area contributed by atoms with Crippen molar-refractivity contribution in [3.63, 3.8) is 0 Å². The molecule has 0 saturated carbocycles. The molecule has 0 radical (unpaired) electrons. The fourth-order valence-electron chi connectivity index (χ4n) is 2.82. The summed E-state index contributed by atoms with van der Waals surface area (Å²) >= 11 is 0. The molecule has 134 valence electrons. The number of likely N-dealkylation sites (N-methyl/N-ethyl adjacent to an activating group) is 1. The Morgan fingerprint density at radius 3 is 2.71 bits per heavy atom. The molecule has 5 nitrogen and oxygen atoms in total. The largest absolute Gasteiger partial charge is 0.487 e. The van der Waals surface area contributed by atoms with Crippen molar-refractivity contribution in [3.8, 4) is 5.75 Å². The molecule has 0 fully saturated rings. The van der Waals surface area contributed by atoms with Crippen LogP contribution in [0.4, 0.5) is 4.79 Å². The molecule has 1 aliphatic heterocycles. The molecule has 1 aliphatic rings. The zero-order chi connectivity index (χ0) is 18.0. The molecule has 1 heterocycles. The Labute approximate surface area is 145 Å². The molecule has 2 rings (SSSR count). The van der Waals surface area contributed by atoms with Gasteiger partial charge in [0.05, 0.1) is 0 Å². The zero-order valence-electron chi connectivity index (χ0n) is 15.7. The van der Waals surface area contributed by atoms with Crippen LogP contribution in [0, 0.1) is 0 Å². The Balaban J connectivity index is 1.91. The number of para-hydroxylation sites is 1. The minimum absolute atomic E-state index is 0.205. The van der Waals surface area contributed by atoms with Crippen LogP contribution in [0.25, 0.3) is 0 Å². The van der Waals surface area contributed by atoms with Crippen LogP contribution in [0.15, 0.2) is 24.3 Å². The first-order chi connectivity index (χ1) is 11.1. The lowest BCUT2D eigenvalue weighted by atomic mass is 9.90. The van der Waals surface area contributed by atoms with Gasteiger partial charge < -0.3 is 19.7 Å². The van der Waals surface area contributed by atoms with Gasteiger partial charge in [-0.25, -0.2) is 4.79 Å². The van der Waals surface area contributed by atoms with Crippen molar-refractivity contribution in [2.45, 2.75) is 58.3 Å². The molecule has 1 unspecified atom stereocenters. The van der Waals surface area contributed by atoms with Crippen LogP contribution in [-0.2, 0) is 4.74 Å². The number of fused-ring (bicyclic) bond motifs is 1. The van der Waals surface area contributed by atoms with E-state index >= 15 is 0 Å². The number of nitrogens with zero attached hydrogens (tertiary/aromatic N) is 1. The standard InChI is InChI=1S/C19H30N2O3/c1-18(2,3)24-17(22)21(6)12-11-20-15-13-19(4,5)23-16-10-8-7-9-14(15)16/h7-10,15,20H,11-13H2,1-6H3. The van der Waals surface area contributed by atoms with E-state index in [1.54, 1.807) is 11.9 Å². The van der Waals surface area contributed by atoms with Gasteiger partial charge in [0.1, 0.15) is 17.0 Å². The Kier molecular flexibility index (Phi) is 5.43. The molecule has 1 aromatic carbocycles. The highest BCUT2D eigenvalue weighted by atomic mass is 16.6. The monoisotopic (exact) mass is 334 g/mol. The molecule has 24 heavy (non-hydrogen) atoms. The number of carbonyl (C=O) groups excluding carboxylic acids is 1. The van der Waals surface area contributed by atoms with Crippen molar-refractivity contribution in [1.29, 1.82) is 0 Å². The van der Waals surface area contributed by atoms with Gasteiger partial charge in [-0.3, -0.25) is 0 Å². The fourth-order valence-corrected chi connectivity index (χ4v) is 2.82. The SMILES string of the molecule is CN(CCNC1CC(C)(C)Oc2ccccc21)C(=O)OC(C)(C)C. The molecule has 1 aromatic rings. The Bertz CT molecular complexity index is 578. The molecule has 0 spiro atoms. The topological polar surface area (TPSA) is 50.8 Å². The second-order valence-electron chi connectivity index (χ2n) is 8.01. The zero-order valence-corrected chi connectivity index (χ0v) is 15.7. The predicted octanol–water partition coefficient (Wildman–Crippen LogP) is 3.75. The lowest BCUT2D eigenvalue weighted by molar-refractivity contribution is 0.0292. The van der Waals surface area contributed by atoms with E-state index in [9.17, 15) is 4.79 Å². The highest BCUT2D eigenvalue weighted by Crippen LogP contribution is 2.38. The van der Waals surface area contributed by atoms with Crippen LogP contribution in [0.2, 0.25) is 0 Å². The minimum Gasteiger partial charge on any atom is -0.487 e. The minimum atomic E-state index is -0.470. The van der Waals surface area contributed by atoms with Gasteiger partial charge in [0, 0.05) is 38.2 Å². The molecule has 0 aromatic heterocycles. The van der Waals surface area contributed by atoms with Crippen molar-refractivity contribution in [2.75, 3.05) is 20.1 Å². The van der Waals surface area contributed by atoms with Crippen LogP contribution >= 0.6 is 0 Å². The maximum absolute atomic E-state index is 12.0. The number of hydrogen-bond donors (Lipinski definition) is 1. The van der Waals surface area contributed by atoms with Gasteiger partial charge in [0.15, 0.2) is 0 Å². The third-order valence-electron chi connectivity index (χ3n) is 3.92. The summed E-state index contributed by atoms with van der Waals surface area (Å²) in [4.78, 5) is 13.6. The highest BCUT2D eigenvalue weighted by Gasteiger charge is 2.33. The number of carbonyl (C=O) groups is 1. The van der Waals surface area contributed by atoms with E-state index in [0.29, 0.717) is 13.1 Å². The van der Waals surface area contributed by atoms with E-state index in [4.69, 9.17) is 9.47 Å². The van der Waals surface area contributed by atoms with E-state index in [2.05, 4.69) is 25.2 Å². The molecular weight excluding hydrogens is 304 g/mol. The number of rotatable bonds is 4. The third-order valence-corrected chi connectivity index (χ3v) is 3.92. The number of nitrogens with one attached hydrogen (secondary N) is 1. The van der Waals surface area contributed by atoms with Crippen LogP contribution in [0.3, 0.4) is 0 Å². The number of ether oxygens (including phenoxy) is 2. The first kappa shape index (κ1) is 18.6. The molecule has 1 amide bonds. The van der Waals surface area contributed by atoms with Gasteiger partial charge in [-0.15, -0.1) is 0 Å². The van der Waals surface area contributed by atoms with Gasteiger partial charge in [-0.1, -0.05) is 18.2 Å². The summed E-state index contributed by atoms with van der Waals surface area (Å²) in [5.74, 6) is 0.937. The average Bonchev–Trinajstić information content (AvgIpc) is 2.44.